The Balaban J connectivity index is 2.07. The molecule has 0 aromatic carbocycles. The molecule has 1 N–H and O–H groups in total. The quantitative estimate of drug-likeness (QED) is 0.297. The van der Waals surface area contributed by atoms with Crippen molar-refractivity contribution >= 4 is 51.7 Å². The van der Waals surface area contributed by atoms with E-state index in [-0.39, 0.29) is 11.5 Å². The van der Waals surface area contributed by atoms with Gasteiger partial charge in [-0.2, -0.15) is 0 Å². The lowest BCUT2D eigenvalue weighted by atomic mass is 10.2. The zero-order valence-corrected chi connectivity index (χ0v) is 18.2. The fourth-order valence-electron chi connectivity index (χ4n) is 3.02. The van der Waals surface area contributed by atoms with Crippen LogP contribution in [0.4, 0.5) is 5.82 Å². The average molecular weight is 429 g/mol. The van der Waals surface area contributed by atoms with Crippen molar-refractivity contribution in [2.75, 3.05) is 18.4 Å². The number of aromatic nitrogens is 2. The van der Waals surface area contributed by atoms with Crippen LogP contribution in [0.2, 0.25) is 0 Å². The fraction of sp³-hybridized carbons (Fsp3) is 0.333. The molecule has 0 atom stereocenters. The number of thiocarbonyl (C=S) groups is 1. The summed E-state index contributed by atoms with van der Waals surface area (Å²) < 4.78 is 1.98. The maximum atomic E-state index is 13.2. The van der Waals surface area contributed by atoms with Crippen LogP contribution < -0.4 is 10.9 Å². The van der Waals surface area contributed by atoms with Crippen molar-refractivity contribution in [1.29, 1.82) is 0 Å². The van der Waals surface area contributed by atoms with Crippen LogP contribution in [0.1, 0.15) is 37.3 Å². The number of hydrogen-bond acceptors (Lipinski definition) is 6. The molecule has 29 heavy (non-hydrogen) atoms. The molecule has 3 rings (SSSR count). The molecule has 1 saturated heterocycles. The summed E-state index contributed by atoms with van der Waals surface area (Å²) in [4.78, 5) is 32.5. The number of anilines is 1. The zero-order chi connectivity index (χ0) is 21.0. The van der Waals surface area contributed by atoms with Gasteiger partial charge in [-0.15, -0.1) is 6.58 Å². The SMILES string of the molecule is C=CCN1C(=O)/C(=C\c2c(NCCCCC)nc3ccc(C)cn3c2=O)SC1=S. The summed E-state index contributed by atoms with van der Waals surface area (Å²) in [6.07, 6.45) is 8.16. The minimum absolute atomic E-state index is 0.217. The van der Waals surface area contributed by atoms with Gasteiger partial charge in [0.1, 0.15) is 15.8 Å². The van der Waals surface area contributed by atoms with Crippen LogP contribution >= 0.6 is 24.0 Å². The molecule has 2 aromatic heterocycles. The van der Waals surface area contributed by atoms with Crippen LogP contribution in [-0.2, 0) is 4.79 Å². The van der Waals surface area contributed by atoms with E-state index in [2.05, 4.69) is 23.8 Å². The summed E-state index contributed by atoms with van der Waals surface area (Å²) in [5.41, 5.74) is 1.66. The Labute approximate surface area is 179 Å². The lowest BCUT2D eigenvalue weighted by molar-refractivity contribution is -0.121. The third-order valence-electron chi connectivity index (χ3n) is 4.54. The molecule has 0 radical (unpaired) electrons. The molecule has 0 bridgehead atoms. The van der Waals surface area contributed by atoms with E-state index < -0.39 is 0 Å². The van der Waals surface area contributed by atoms with Crippen LogP contribution in [0.25, 0.3) is 11.7 Å². The molecule has 6 nitrogen and oxygen atoms in total. The highest BCUT2D eigenvalue weighted by Crippen LogP contribution is 2.32. The number of aryl methyl sites for hydroxylation is 1. The van der Waals surface area contributed by atoms with Gasteiger partial charge in [-0.25, -0.2) is 4.98 Å². The monoisotopic (exact) mass is 428 g/mol. The van der Waals surface area contributed by atoms with Gasteiger partial charge in [0, 0.05) is 19.3 Å². The first kappa shape index (κ1) is 21.3. The van der Waals surface area contributed by atoms with E-state index in [0.717, 1.165) is 24.8 Å². The Bertz CT molecular complexity index is 1060. The first-order valence-corrected chi connectivity index (χ1v) is 10.8. The van der Waals surface area contributed by atoms with Crippen LogP contribution in [0, 0.1) is 6.92 Å². The van der Waals surface area contributed by atoms with Crippen molar-refractivity contribution in [1.82, 2.24) is 14.3 Å². The van der Waals surface area contributed by atoms with Gasteiger partial charge in [-0.05, 0) is 31.1 Å². The predicted molar refractivity (Wildman–Crippen MR) is 124 cm³/mol. The van der Waals surface area contributed by atoms with Crippen molar-refractivity contribution in [3.8, 4) is 0 Å². The van der Waals surface area contributed by atoms with Crippen LogP contribution in [0.5, 0.6) is 0 Å². The normalized spacial score (nSPS) is 15.5. The molecule has 1 amide bonds. The maximum absolute atomic E-state index is 13.2. The van der Waals surface area contributed by atoms with E-state index in [0.29, 0.717) is 39.3 Å². The van der Waals surface area contributed by atoms with Gasteiger partial charge in [-0.1, -0.05) is 55.9 Å². The molecular weight excluding hydrogens is 404 g/mol. The van der Waals surface area contributed by atoms with E-state index in [1.807, 2.05) is 19.1 Å². The zero-order valence-electron chi connectivity index (χ0n) is 16.6. The standard InChI is InChI=1S/C21H24N4O2S2/c1-4-6-7-10-22-18-15(12-16-20(27)24(11-5-2)21(28)29-16)19(26)25-13-14(3)8-9-17(25)23-18/h5,8-9,12-13,22H,2,4,6-7,10-11H2,1,3H3/b16-12+. The number of amides is 1. The first-order valence-electron chi connectivity index (χ1n) is 9.59. The summed E-state index contributed by atoms with van der Waals surface area (Å²) in [5, 5.41) is 3.28. The largest absolute Gasteiger partial charge is 0.369 e. The number of unbranched alkanes of at least 4 members (excludes halogenated alkanes) is 2. The number of carbonyl (C=O) groups is 1. The second-order valence-electron chi connectivity index (χ2n) is 6.83. The Kier molecular flexibility index (Phi) is 6.87. The lowest BCUT2D eigenvalue weighted by Gasteiger charge is -2.12. The fourth-order valence-corrected chi connectivity index (χ4v) is 4.28. The van der Waals surface area contributed by atoms with Crippen molar-refractivity contribution in [3.05, 3.63) is 57.4 Å². The second-order valence-corrected chi connectivity index (χ2v) is 8.50. The smallest absolute Gasteiger partial charge is 0.267 e. The van der Waals surface area contributed by atoms with Gasteiger partial charge >= 0.3 is 0 Å². The second kappa shape index (κ2) is 9.37. The number of carbonyl (C=O) groups excluding carboxylic acids is 1. The summed E-state index contributed by atoms with van der Waals surface area (Å²) in [5.74, 6) is 0.273. The third kappa shape index (κ3) is 4.59. The molecule has 3 heterocycles. The Morgan fingerprint density at radius 2 is 2.10 bits per heavy atom. The number of hydrogen-bond donors (Lipinski definition) is 1. The molecule has 152 valence electrons. The number of rotatable bonds is 8. The van der Waals surface area contributed by atoms with Gasteiger partial charge in [0.05, 0.1) is 10.5 Å². The van der Waals surface area contributed by atoms with Crippen molar-refractivity contribution in [2.24, 2.45) is 0 Å². The molecule has 0 aliphatic carbocycles. The molecule has 0 saturated carbocycles. The molecule has 1 aliphatic rings. The summed E-state index contributed by atoms with van der Waals surface area (Å²) in [7, 11) is 0. The molecular formula is C21H24N4O2S2. The molecule has 2 aromatic rings. The number of pyridine rings is 1. The Hall–Kier alpha value is -2.45. The van der Waals surface area contributed by atoms with Crippen LogP contribution in [0.15, 0.2) is 40.7 Å². The summed E-state index contributed by atoms with van der Waals surface area (Å²) in [6, 6.07) is 3.74. The Morgan fingerprint density at radius 1 is 1.31 bits per heavy atom. The average Bonchev–Trinajstić information content (AvgIpc) is 2.96. The topological polar surface area (TPSA) is 66.7 Å². The predicted octanol–water partition coefficient (Wildman–Crippen LogP) is 3.99. The van der Waals surface area contributed by atoms with Gasteiger partial charge < -0.3 is 5.32 Å². The Morgan fingerprint density at radius 3 is 2.83 bits per heavy atom. The van der Waals surface area contributed by atoms with E-state index in [4.69, 9.17) is 12.2 Å². The van der Waals surface area contributed by atoms with Crippen LogP contribution in [-0.4, -0.2) is 37.6 Å². The highest BCUT2D eigenvalue weighted by Gasteiger charge is 2.31. The number of fused-ring (bicyclic) bond motifs is 1. The van der Waals surface area contributed by atoms with Gasteiger partial charge in [-0.3, -0.25) is 18.9 Å². The first-order chi connectivity index (χ1) is 14.0. The highest BCUT2D eigenvalue weighted by molar-refractivity contribution is 8.26. The van der Waals surface area contributed by atoms with Gasteiger partial charge in [0.2, 0.25) is 0 Å². The summed E-state index contributed by atoms with van der Waals surface area (Å²) in [6.45, 7) is 8.78. The van der Waals surface area contributed by atoms with Gasteiger partial charge in [0.15, 0.2) is 0 Å². The van der Waals surface area contributed by atoms with Gasteiger partial charge in [0.25, 0.3) is 11.5 Å². The van der Waals surface area contributed by atoms with E-state index >= 15 is 0 Å². The minimum atomic E-state index is -0.217. The van der Waals surface area contributed by atoms with E-state index in [1.165, 1.54) is 21.1 Å². The van der Waals surface area contributed by atoms with Crippen molar-refractivity contribution < 1.29 is 4.79 Å². The minimum Gasteiger partial charge on any atom is -0.369 e. The number of nitrogens with zero attached hydrogens (tertiary/aromatic N) is 3. The van der Waals surface area contributed by atoms with E-state index in [9.17, 15) is 9.59 Å². The molecule has 1 aliphatic heterocycles. The third-order valence-corrected chi connectivity index (χ3v) is 5.92. The molecule has 0 spiro atoms. The number of thioether (sulfide) groups is 1. The summed E-state index contributed by atoms with van der Waals surface area (Å²) >= 11 is 6.49. The van der Waals surface area contributed by atoms with Crippen molar-refractivity contribution in [2.45, 2.75) is 33.1 Å². The van der Waals surface area contributed by atoms with Crippen molar-refractivity contribution in [3.63, 3.8) is 0 Å². The molecule has 8 heteroatoms. The molecule has 0 unspecified atom stereocenters. The van der Waals surface area contributed by atoms with Crippen LogP contribution in [0.3, 0.4) is 0 Å². The van der Waals surface area contributed by atoms with E-state index in [1.54, 1.807) is 18.3 Å². The number of nitrogens with one attached hydrogen (secondary N) is 1. The maximum Gasteiger partial charge on any atom is 0.267 e. The lowest BCUT2D eigenvalue weighted by Crippen LogP contribution is -2.28. The molecule has 1 fully saturated rings. The highest BCUT2D eigenvalue weighted by atomic mass is 32.2.